The smallest absolute Gasteiger partial charge is 0.329 e. The van der Waals surface area contributed by atoms with Gasteiger partial charge in [-0.2, -0.15) is 0 Å². The highest BCUT2D eigenvalue weighted by Gasteiger charge is 2.22. The second-order valence-electron chi connectivity index (χ2n) is 8.69. The van der Waals surface area contributed by atoms with Gasteiger partial charge in [-0.25, -0.2) is 9.78 Å². The van der Waals surface area contributed by atoms with Crippen LogP contribution >= 0.6 is 0 Å². The maximum absolute atomic E-state index is 12.7. The molecule has 1 fully saturated rings. The van der Waals surface area contributed by atoms with Crippen molar-refractivity contribution in [1.29, 1.82) is 0 Å². The lowest BCUT2D eigenvalue weighted by molar-refractivity contribution is 0.240. The summed E-state index contributed by atoms with van der Waals surface area (Å²) in [6.07, 6.45) is 4.43. The second-order valence-corrected chi connectivity index (χ2v) is 8.69. The molecule has 3 aromatic rings. The number of anilines is 1. The standard InChI is InChI=1S/C24H34N6O3/c1-4-5-6-7-12-30-20(25-22-21(30)23(31)26-24(32)27(22)2)17-28-13-15-29(16-14-28)18-8-10-19(33-3)11-9-18/h8-11H,4-7,12-17H2,1-3H3,(H,26,31,32). The van der Waals surface area contributed by atoms with Gasteiger partial charge >= 0.3 is 5.69 Å². The predicted octanol–water partition coefficient (Wildman–Crippen LogP) is 2.33. The van der Waals surface area contributed by atoms with Crippen molar-refractivity contribution in [3.8, 4) is 5.75 Å². The number of benzene rings is 1. The quantitative estimate of drug-likeness (QED) is 0.500. The zero-order chi connectivity index (χ0) is 23.4. The van der Waals surface area contributed by atoms with Gasteiger partial charge in [-0.15, -0.1) is 0 Å². The Hall–Kier alpha value is -3.07. The zero-order valence-corrected chi connectivity index (χ0v) is 19.8. The van der Waals surface area contributed by atoms with Gasteiger partial charge in [0.15, 0.2) is 11.2 Å². The number of hydrogen-bond donors (Lipinski definition) is 1. The number of unbranched alkanes of at least 4 members (excludes halogenated alkanes) is 3. The molecule has 9 nitrogen and oxygen atoms in total. The van der Waals surface area contributed by atoms with Gasteiger partial charge in [-0.1, -0.05) is 26.2 Å². The number of nitrogens with one attached hydrogen (secondary N) is 1. The number of aromatic nitrogens is 4. The van der Waals surface area contributed by atoms with Crippen molar-refractivity contribution in [1.82, 2.24) is 24.0 Å². The van der Waals surface area contributed by atoms with Crippen molar-refractivity contribution < 1.29 is 4.74 Å². The third-order valence-corrected chi connectivity index (χ3v) is 6.50. The Morgan fingerprint density at radius 2 is 1.76 bits per heavy atom. The highest BCUT2D eigenvalue weighted by Crippen LogP contribution is 2.21. The van der Waals surface area contributed by atoms with Crippen molar-refractivity contribution in [3.05, 3.63) is 50.9 Å². The van der Waals surface area contributed by atoms with Crippen LogP contribution in [0.15, 0.2) is 33.9 Å². The second kappa shape index (κ2) is 10.2. The van der Waals surface area contributed by atoms with Crippen molar-refractivity contribution in [2.24, 2.45) is 7.05 Å². The van der Waals surface area contributed by atoms with Gasteiger partial charge in [0, 0.05) is 45.5 Å². The van der Waals surface area contributed by atoms with Crippen molar-refractivity contribution >= 4 is 16.9 Å². The minimum Gasteiger partial charge on any atom is -0.497 e. The van der Waals surface area contributed by atoms with E-state index in [-0.39, 0.29) is 5.56 Å². The Balaban J connectivity index is 1.51. The Morgan fingerprint density at radius 1 is 1.03 bits per heavy atom. The molecule has 1 aliphatic heterocycles. The van der Waals surface area contributed by atoms with E-state index in [9.17, 15) is 9.59 Å². The Bertz CT molecular complexity index is 1190. The topological polar surface area (TPSA) is 88.4 Å². The first-order valence-corrected chi connectivity index (χ1v) is 11.8. The number of ether oxygens (including phenoxy) is 1. The van der Waals surface area contributed by atoms with Gasteiger partial charge in [0.2, 0.25) is 0 Å². The fraction of sp³-hybridized carbons (Fsp3) is 0.542. The maximum atomic E-state index is 12.7. The molecule has 33 heavy (non-hydrogen) atoms. The van der Waals surface area contributed by atoms with Gasteiger partial charge in [-0.05, 0) is 30.7 Å². The first kappa shape index (κ1) is 23.1. The molecule has 0 spiro atoms. The minimum absolute atomic E-state index is 0.355. The molecule has 0 radical (unpaired) electrons. The molecule has 178 valence electrons. The summed E-state index contributed by atoms with van der Waals surface area (Å²) in [5.74, 6) is 1.71. The molecule has 2 aromatic heterocycles. The summed E-state index contributed by atoms with van der Waals surface area (Å²) < 4.78 is 8.72. The number of fused-ring (bicyclic) bond motifs is 1. The molecular formula is C24H34N6O3. The first-order valence-electron chi connectivity index (χ1n) is 11.8. The molecule has 3 heterocycles. The Kier molecular flexibility index (Phi) is 7.17. The highest BCUT2D eigenvalue weighted by molar-refractivity contribution is 5.70. The number of aryl methyl sites for hydroxylation is 2. The summed E-state index contributed by atoms with van der Waals surface area (Å²) in [6, 6.07) is 8.17. The predicted molar refractivity (Wildman–Crippen MR) is 130 cm³/mol. The van der Waals surface area contributed by atoms with Crippen LogP contribution in [0.5, 0.6) is 5.75 Å². The summed E-state index contributed by atoms with van der Waals surface area (Å²) in [4.78, 5) is 36.7. The van der Waals surface area contributed by atoms with Crippen LogP contribution in [0.3, 0.4) is 0 Å². The minimum atomic E-state index is -0.428. The van der Waals surface area contributed by atoms with Gasteiger partial charge in [-0.3, -0.25) is 19.2 Å². The molecule has 0 aliphatic carbocycles. The molecule has 0 bridgehead atoms. The number of methoxy groups -OCH3 is 1. The van der Waals surface area contributed by atoms with Crippen LogP contribution in [0.4, 0.5) is 5.69 Å². The van der Waals surface area contributed by atoms with Gasteiger partial charge in [0.25, 0.3) is 5.56 Å². The number of hydrogen-bond acceptors (Lipinski definition) is 6. The summed E-state index contributed by atoms with van der Waals surface area (Å²) in [7, 11) is 3.34. The fourth-order valence-electron chi connectivity index (χ4n) is 4.50. The Morgan fingerprint density at radius 3 is 2.42 bits per heavy atom. The number of rotatable bonds is 9. The van der Waals surface area contributed by atoms with Crippen molar-refractivity contribution in [2.75, 3.05) is 38.2 Å². The summed E-state index contributed by atoms with van der Waals surface area (Å²) in [5.41, 5.74) is 1.38. The molecule has 9 heteroatoms. The van der Waals surface area contributed by atoms with Crippen LogP contribution in [0.2, 0.25) is 0 Å². The van der Waals surface area contributed by atoms with Crippen LogP contribution < -0.4 is 20.9 Å². The number of imidazole rings is 1. The van der Waals surface area contributed by atoms with E-state index >= 15 is 0 Å². The monoisotopic (exact) mass is 454 g/mol. The number of aromatic amines is 1. The van der Waals surface area contributed by atoms with Gasteiger partial charge in [0.05, 0.1) is 13.7 Å². The molecule has 1 N–H and O–H groups in total. The van der Waals surface area contributed by atoms with E-state index in [0.717, 1.165) is 63.6 Å². The third-order valence-electron chi connectivity index (χ3n) is 6.50. The number of H-pyrrole nitrogens is 1. The van der Waals surface area contributed by atoms with E-state index in [1.165, 1.54) is 16.7 Å². The van der Waals surface area contributed by atoms with Crippen LogP contribution in [0.1, 0.15) is 38.4 Å². The lowest BCUT2D eigenvalue weighted by Crippen LogP contribution is -2.46. The van der Waals surface area contributed by atoms with Gasteiger partial charge < -0.3 is 14.2 Å². The summed E-state index contributed by atoms with van der Waals surface area (Å²) in [5, 5.41) is 0. The molecule has 0 unspecified atom stereocenters. The van der Waals surface area contributed by atoms with Crippen LogP contribution in [-0.4, -0.2) is 57.3 Å². The number of piperazine rings is 1. The molecule has 0 atom stereocenters. The molecular weight excluding hydrogens is 420 g/mol. The van der Waals surface area contributed by atoms with Crippen LogP contribution in [0.25, 0.3) is 11.2 Å². The van der Waals surface area contributed by atoms with E-state index in [1.807, 2.05) is 16.7 Å². The number of nitrogens with zero attached hydrogens (tertiary/aromatic N) is 5. The molecule has 1 saturated heterocycles. The lowest BCUT2D eigenvalue weighted by atomic mass is 10.2. The van der Waals surface area contributed by atoms with Crippen molar-refractivity contribution in [2.45, 2.75) is 45.7 Å². The largest absolute Gasteiger partial charge is 0.497 e. The van der Waals surface area contributed by atoms with E-state index in [4.69, 9.17) is 9.72 Å². The highest BCUT2D eigenvalue weighted by atomic mass is 16.5. The van der Waals surface area contributed by atoms with E-state index in [1.54, 1.807) is 14.2 Å². The third kappa shape index (κ3) is 4.98. The average molecular weight is 455 g/mol. The summed E-state index contributed by atoms with van der Waals surface area (Å²) in [6.45, 7) is 7.22. The molecule has 0 amide bonds. The molecule has 1 aliphatic rings. The average Bonchev–Trinajstić information content (AvgIpc) is 3.19. The van der Waals surface area contributed by atoms with Crippen LogP contribution in [0, 0.1) is 0 Å². The molecule has 4 rings (SSSR count). The first-order chi connectivity index (χ1) is 16.0. The molecule has 1 aromatic carbocycles. The zero-order valence-electron chi connectivity index (χ0n) is 19.8. The maximum Gasteiger partial charge on any atom is 0.329 e. The van der Waals surface area contributed by atoms with E-state index in [2.05, 4.69) is 33.8 Å². The van der Waals surface area contributed by atoms with Crippen molar-refractivity contribution in [3.63, 3.8) is 0 Å². The fourth-order valence-corrected chi connectivity index (χ4v) is 4.50. The SMILES string of the molecule is CCCCCCn1c(CN2CCN(c3ccc(OC)cc3)CC2)nc2c1c(=O)[nH]c(=O)n2C. The van der Waals surface area contributed by atoms with Gasteiger partial charge in [0.1, 0.15) is 11.6 Å². The van der Waals surface area contributed by atoms with E-state index in [0.29, 0.717) is 17.7 Å². The molecule has 0 saturated carbocycles. The van der Waals surface area contributed by atoms with E-state index < -0.39 is 5.69 Å². The normalized spacial score (nSPS) is 14.8. The Labute approximate surface area is 193 Å². The lowest BCUT2D eigenvalue weighted by Gasteiger charge is -2.36. The van der Waals surface area contributed by atoms with Crippen LogP contribution in [-0.2, 0) is 20.1 Å². The summed E-state index contributed by atoms with van der Waals surface area (Å²) >= 11 is 0.